The van der Waals surface area contributed by atoms with Crippen molar-refractivity contribution in [3.8, 4) is 11.1 Å². The number of anilines is 1. The highest BCUT2D eigenvalue weighted by atomic mass is 32.2. The number of hydrogen-bond acceptors (Lipinski definition) is 5. The Morgan fingerprint density at radius 3 is 2.56 bits per heavy atom. The van der Waals surface area contributed by atoms with Crippen LogP contribution in [0.4, 0.5) is 14.7 Å². The van der Waals surface area contributed by atoms with Crippen LogP contribution in [-0.2, 0) is 16.4 Å². The number of halogens is 2. The Labute approximate surface area is 183 Å². The number of sulfonamides is 1. The van der Waals surface area contributed by atoms with Crippen LogP contribution in [0.3, 0.4) is 0 Å². The summed E-state index contributed by atoms with van der Waals surface area (Å²) in [5, 5.41) is 5.84. The number of aromatic nitrogens is 2. The zero-order valence-corrected chi connectivity index (χ0v) is 17.5. The van der Waals surface area contributed by atoms with Crippen molar-refractivity contribution in [2.45, 2.75) is 23.7 Å². The largest absolute Gasteiger partial charge is 0.368 e. The van der Waals surface area contributed by atoms with Gasteiger partial charge in [0.25, 0.3) is 0 Å². The van der Waals surface area contributed by atoms with Crippen molar-refractivity contribution in [2.75, 3.05) is 5.73 Å². The Hall–Kier alpha value is -3.43. The van der Waals surface area contributed by atoms with Gasteiger partial charge in [0.2, 0.25) is 16.0 Å². The van der Waals surface area contributed by atoms with E-state index in [0.717, 1.165) is 11.1 Å². The molecule has 4 N–H and O–H groups in total. The fourth-order valence-electron chi connectivity index (χ4n) is 4.40. The van der Waals surface area contributed by atoms with Crippen molar-refractivity contribution < 1.29 is 17.2 Å². The number of aryl methyl sites for hydroxylation is 1. The Balaban J connectivity index is 1.61. The minimum atomic E-state index is -3.83. The van der Waals surface area contributed by atoms with Crippen molar-refractivity contribution in [1.82, 2.24) is 9.97 Å². The van der Waals surface area contributed by atoms with Gasteiger partial charge in [-0.05, 0) is 65.4 Å². The lowest BCUT2D eigenvalue weighted by Crippen LogP contribution is -2.12. The molecule has 1 aliphatic carbocycles. The molecule has 0 amide bonds. The Morgan fingerprint density at radius 1 is 1.00 bits per heavy atom. The van der Waals surface area contributed by atoms with Gasteiger partial charge in [-0.25, -0.2) is 32.3 Å². The highest BCUT2D eigenvalue weighted by Crippen LogP contribution is 2.42. The average molecular weight is 452 g/mol. The molecule has 1 aliphatic rings. The van der Waals surface area contributed by atoms with Gasteiger partial charge in [-0.1, -0.05) is 18.2 Å². The second-order valence-corrected chi connectivity index (χ2v) is 9.39. The third kappa shape index (κ3) is 3.39. The summed E-state index contributed by atoms with van der Waals surface area (Å²) in [6.45, 7) is 0. The molecule has 162 valence electrons. The summed E-state index contributed by atoms with van der Waals surface area (Å²) in [4.78, 5) is 8.08. The standard InChI is InChI=1S/C23H18F2N4O2S/c24-19-7-6-18(17-4-1-12-10-15(32(27,30)31)3-5-16(12)17)22(25)21(19)13-2-8-20-14(9-13)11-28-23(26)29-20/h2-3,5-11,17H,1,4H2,(H2,26,28,29)(H2,27,30,31). The van der Waals surface area contributed by atoms with Crippen LogP contribution in [0.1, 0.15) is 29.0 Å². The van der Waals surface area contributed by atoms with Crippen molar-refractivity contribution >= 4 is 26.9 Å². The normalized spacial score (nSPS) is 15.8. The fraction of sp³-hybridized carbons (Fsp3) is 0.130. The second kappa shape index (κ2) is 7.32. The molecule has 0 saturated heterocycles. The lowest BCUT2D eigenvalue weighted by molar-refractivity contribution is 0.569. The van der Waals surface area contributed by atoms with Gasteiger partial charge in [0.1, 0.15) is 11.6 Å². The Morgan fingerprint density at radius 2 is 1.78 bits per heavy atom. The molecular weight excluding hydrogens is 434 g/mol. The number of benzene rings is 3. The van der Waals surface area contributed by atoms with E-state index < -0.39 is 21.7 Å². The maximum Gasteiger partial charge on any atom is 0.238 e. The summed E-state index contributed by atoms with van der Waals surface area (Å²) in [5.74, 6) is -1.52. The highest BCUT2D eigenvalue weighted by molar-refractivity contribution is 7.89. The quantitative estimate of drug-likeness (QED) is 0.490. The summed E-state index contributed by atoms with van der Waals surface area (Å²) >= 11 is 0. The summed E-state index contributed by atoms with van der Waals surface area (Å²) in [7, 11) is -3.83. The minimum Gasteiger partial charge on any atom is -0.368 e. The number of nitrogens with two attached hydrogens (primary N) is 2. The van der Waals surface area contributed by atoms with Gasteiger partial charge < -0.3 is 5.73 Å². The maximum absolute atomic E-state index is 15.7. The molecule has 5 rings (SSSR count). The molecule has 0 fully saturated rings. The van der Waals surface area contributed by atoms with E-state index in [1.54, 1.807) is 24.3 Å². The van der Waals surface area contributed by atoms with Crippen molar-refractivity contribution in [3.05, 3.63) is 83.1 Å². The van der Waals surface area contributed by atoms with E-state index in [4.69, 9.17) is 10.9 Å². The summed E-state index contributed by atoms with van der Waals surface area (Å²) in [5.41, 5.74) is 8.39. The number of nitrogen functional groups attached to an aromatic ring is 1. The Kier molecular flexibility index (Phi) is 4.68. The van der Waals surface area contributed by atoms with Gasteiger partial charge in [0.15, 0.2) is 0 Å². The molecule has 0 bridgehead atoms. The molecule has 1 unspecified atom stereocenters. The van der Waals surface area contributed by atoms with Gasteiger partial charge in [-0.3, -0.25) is 0 Å². The van der Waals surface area contributed by atoms with Crippen LogP contribution in [0.5, 0.6) is 0 Å². The van der Waals surface area contributed by atoms with Crippen molar-refractivity contribution in [3.63, 3.8) is 0 Å². The number of nitrogens with zero attached hydrogens (tertiary/aromatic N) is 2. The first-order chi connectivity index (χ1) is 15.2. The van der Waals surface area contributed by atoms with Crippen LogP contribution in [0.2, 0.25) is 0 Å². The van der Waals surface area contributed by atoms with Crippen LogP contribution in [0.25, 0.3) is 22.0 Å². The smallest absolute Gasteiger partial charge is 0.238 e. The van der Waals surface area contributed by atoms with Crippen molar-refractivity contribution in [1.29, 1.82) is 0 Å². The van der Waals surface area contributed by atoms with Gasteiger partial charge in [0.05, 0.1) is 16.0 Å². The minimum absolute atomic E-state index is 0.0242. The molecule has 1 atom stereocenters. The van der Waals surface area contributed by atoms with Crippen molar-refractivity contribution in [2.24, 2.45) is 5.14 Å². The summed E-state index contributed by atoms with van der Waals surface area (Å²) in [6, 6.07) is 12.2. The zero-order chi connectivity index (χ0) is 22.6. The van der Waals surface area contributed by atoms with Crippen LogP contribution < -0.4 is 10.9 Å². The number of fused-ring (bicyclic) bond motifs is 2. The predicted octanol–water partition coefficient (Wildman–Crippen LogP) is 3.88. The molecule has 9 heteroatoms. The van der Waals surface area contributed by atoms with E-state index in [-0.39, 0.29) is 22.3 Å². The van der Waals surface area contributed by atoms with Crippen LogP contribution in [-0.4, -0.2) is 18.4 Å². The van der Waals surface area contributed by atoms with Crippen LogP contribution >= 0.6 is 0 Å². The lowest BCUT2D eigenvalue weighted by atomic mass is 9.89. The van der Waals surface area contributed by atoms with E-state index in [0.29, 0.717) is 34.9 Å². The Bertz CT molecular complexity index is 1510. The molecule has 1 aromatic heterocycles. The van der Waals surface area contributed by atoms with Gasteiger partial charge in [-0.15, -0.1) is 0 Å². The molecule has 6 nitrogen and oxygen atoms in total. The van der Waals surface area contributed by atoms with E-state index in [2.05, 4.69) is 9.97 Å². The van der Waals surface area contributed by atoms with Gasteiger partial charge >= 0.3 is 0 Å². The SMILES string of the molecule is Nc1ncc2cc(-c3c(F)ccc(C4CCc5cc(S(N)(=O)=O)ccc54)c3F)ccc2n1. The molecule has 3 aromatic carbocycles. The topological polar surface area (TPSA) is 112 Å². The number of hydrogen-bond donors (Lipinski definition) is 2. The molecule has 1 heterocycles. The average Bonchev–Trinajstić information content (AvgIpc) is 3.16. The van der Waals surface area contributed by atoms with Crippen LogP contribution in [0, 0.1) is 11.6 Å². The molecule has 0 radical (unpaired) electrons. The predicted molar refractivity (Wildman–Crippen MR) is 117 cm³/mol. The highest BCUT2D eigenvalue weighted by Gasteiger charge is 2.29. The first-order valence-corrected chi connectivity index (χ1v) is 11.4. The van der Waals surface area contributed by atoms with E-state index >= 15 is 4.39 Å². The molecule has 4 aromatic rings. The monoisotopic (exact) mass is 452 g/mol. The third-order valence-corrected chi connectivity index (χ3v) is 6.82. The van der Waals surface area contributed by atoms with E-state index in [1.165, 1.54) is 30.5 Å². The van der Waals surface area contributed by atoms with E-state index in [9.17, 15) is 12.8 Å². The molecule has 0 aliphatic heterocycles. The van der Waals surface area contributed by atoms with Gasteiger partial charge in [-0.2, -0.15) is 0 Å². The molecular formula is C23H18F2N4O2S. The first kappa shape index (κ1) is 20.5. The number of rotatable bonds is 3. The first-order valence-electron chi connectivity index (χ1n) is 9.88. The van der Waals surface area contributed by atoms with E-state index in [1.807, 2.05) is 0 Å². The fourth-order valence-corrected chi connectivity index (χ4v) is 4.96. The second-order valence-electron chi connectivity index (χ2n) is 7.82. The maximum atomic E-state index is 15.7. The molecule has 32 heavy (non-hydrogen) atoms. The van der Waals surface area contributed by atoms with Gasteiger partial charge in [0, 0.05) is 17.5 Å². The number of primary sulfonamides is 1. The molecule has 0 saturated carbocycles. The zero-order valence-electron chi connectivity index (χ0n) is 16.7. The lowest BCUT2D eigenvalue weighted by Gasteiger charge is -2.17. The van der Waals surface area contributed by atoms with Crippen LogP contribution in [0.15, 0.2) is 59.6 Å². The molecule has 0 spiro atoms. The third-order valence-electron chi connectivity index (χ3n) is 5.90. The summed E-state index contributed by atoms with van der Waals surface area (Å²) < 4.78 is 53.8. The summed E-state index contributed by atoms with van der Waals surface area (Å²) in [6.07, 6.45) is 2.66.